The van der Waals surface area contributed by atoms with Crippen LogP contribution in [0.2, 0.25) is 5.02 Å². The fraction of sp³-hybridized carbons (Fsp3) is 0.500. The maximum absolute atomic E-state index is 6.10. The van der Waals surface area contributed by atoms with Crippen molar-refractivity contribution in [1.82, 2.24) is 9.78 Å². The van der Waals surface area contributed by atoms with E-state index in [4.69, 9.17) is 11.6 Å². The van der Waals surface area contributed by atoms with Gasteiger partial charge in [-0.15, -0.1) is 0 Å². The average Bonchev–Trinajstić information content (AvgIpc) is 2.42. The lowest BCUT2D eigenvalue weighted by molar-refractivity contribution is 0.295. The molecule has 0 fully saturated rings. The summed E-state index contributed by atoms with van der Waals surface area (Å²) >= 11 is 6.10. The molecule has 1 aliphatic rings. The molecule has 0 radical (unpaired) electrons. The second-order valence-electron chi connectivity index (χ2n) is 5.54. The van der Waals surface area contributed by atoms with Crippen molar-refractivity contribution in [2.75, 3.05) is 0 Å². The zero-order chi connectivity index (χ0) is 12.8. The number of allylic oxidation sites excluding steroid dienone is 4. The predicted octanol–water partition coefficient (Wildman–Crippen LogP) is 4.32. The Labute approximate surface area is 108 Å². The van der Waals surface area contributed by atoms with Crippen LogP contribution < -0.4 is 0 Å². The summed E-state index contributed by atoms with van der Waals surface area (Å²) in [6.45, 7) is 10.7. The molecule has 0 bridgehead atoms. The molecule has 1 aromatic rings. The zero-order valence-corrected chi connectivity index (χ0v) is 11.8. The summed E-state index contributed by atoms with van der Waals surface area (Å²) in [5.74, 6) is 0. The molecule has 0 spiro atoms. The smallest absolute Gasteiger partial charge is 0.0815 e. The molecule has 17 heavy (non-hydrogen) atoms. The van der Waals surface area contributed by atoms with Crippen LogP contribution in [0, 0.1) is 12.3 Å². The molecule has 1 unspecified atom stereocenters. The van der Waals surface area contributed by atoms with E-state index in [-0.39, 0.29) is 11.5 Å². The summed E-state index contributed by atoms with van der Waals surface area (Å²) < 4.78 is 1.99. The van der Waals surface area contributed by atoms with Crippen molar-refractivity contribution in [2.24, 2.45) is 5.41 Å². The first kappa shape index (κ1) is 12.4. The Kier molecular flexibility index (Phi) is 2.94. The van der Waals surface area contributed by atoms with Crippen LogP contribution in [0.4, 0.5) is 0 Å². The third-order valence-corrected chi connectivity index (χ3v) is 3.68. The molecule has 2 rings (SSSR count). The Hall–Kier alpha value is -1.02. The van der Waals surface area contributed by atoms with E-state index < -0.39 is 0 Å². The van der Waals surface area contributed by atoms with E-state index in [9.17, 15) is 0 Å². The van der Waals surface area contributed by atoms with Crippen molar-refractivity contribution in [3.05, 3.63) is 40.2 Å². The molecule has 0 amide bonds. The van der Waals surface area contributed by atoms with Crippen LogP contribution >= 0.6 is 11.6 Å². The zero-order valence-electron chi connectivity index (χ0n) is 11.1. The molecule has 0 aliphatic heterocycles. The van der Waals surface area contributed by atoms with Gasteiger partial charge in [0.1, 0.15) is 0 Å². The standard InChI is InChI=1S/C14H19ClN2/c1-9-6-10(2)13(14(4,5)7-9)17-8-12(15)11(3)16-17/h6-8,13H,1-5H3. The predicted molar refractivity (Wildman–Crippen MR) is 72.3 cm³/mol. The summed E-state index contributed by atoms with van der Waals surface area (Å²) in [6.07, 6.45) is 6.45. The van der Waals surface area contributed by atoms with Crippen LogP contribution in [0.5, 0.6) is 0 Å². The average molecular weight is 251 g/mol. The summed E-state index contributed by atoms with van der Waals surface area (Å²) in [6, 6.07) is 0.248. The van der Waals surface area contributed by atoms with E-state index in [0.29, 0.717) is 0 Å². The highest BCUT2D eigenvalue weighted by Gasteiger charge is 2.33. The summed E-state index contributed by atoms with van der Waals surface area (Å²) in [5.41, 5.74) is 3.60. The lowest BCUT2D eigenvalue weighted by Gasteiger charge is -2.36. The molecule has 0 aromatic carbocycles. The molecule has 3 heteroatoms. The first-order chi connectivity index (χ1) is 7.81. The molecule has 1 aliphatic carbocycles. The monoisotopic (exact) mass is 250 g/mol. The summed E-state index contributed by atoms with van der Waals surface area (Å²) in [4.78, 5) is 0. The first-order valence-corrected chi connectivity index (χ1v) is 6.28. The van der Waals surface area contributed by atoms with Gasteiger partial charge in [-0.2, -0.15) is 5.10 Å². The Balaban J connectivity index is 2.48. The molecule has 1 heterocycles. The largest absolute Gasteiger partial charge is 0.263 e. The number of hydrogen-bond acceptors (Lipinski definition) is 1. The first-order valence-electron chi connectivity index (χ1n) is 5.90. The topological polar surface area (TPSA) is 17.8 Å². The van der Waals surface area contributed by atoms with Crippen LogP contribution in [0.15, 0.2) is 29.5 Å². The molecule has 1 aromatic heterocycles. The van der Waals surface area contributed by atoms with Crippen LogP contribution in [0.25, 0.3) is 0 Å². The van der Waals surface area contributed by atoms with Gasteiger partial charge in [0.25, 0.3) is 0 Å². The Morgan fingerprint density at radius 3 is 2.41 bits per heavy atom. The molecule has 1 atom stereocenters. The van der Waals surface area contributed by atoms with Crippen molar-refractivity contribution in [1.29, 1.82) is 0 Å². The number of halogens is 1. The molecular weight excluding hydrogens is 232 g/mol. The minimum absolute atomic E-state index is 0.0602. The SMILES string of the molecule is CC1=CC(C)(C)C(n2cc(Cl)c(C)n2)C(C)=C1. The van der Waals surface area contributed by atoms with Gasteiger partial charge in [0, 0.05) is 11.6 Å². The van der Waals surface area contributed by atoms with E-state index >= 15 is 0 Å². The Morgan fingerprint density at radius 2 is 1.94 bits per heavy atom. The third kappa shape index (κ3) is 2.19. The van der Waals surface area contributed by atoms with E-state index in [1.165, 1.54) is 11.1 Å². The van der Waals surface area contributed by atoms with Crippen LogP contribution in [0.3, 0.4) is 0 Å². The van der Waals surface area contributed by atoms with E-state index in [2.05, 4.69) is 44.9 Å². The van der Waals surface area contributed by atoms with Gasteiger partial charge in [-0.25, -0.2) is 0 Å². The fourth-order valence-corrected chi connectivity index (χ4v) is 3.01. The van der Waals surface area contributed by atoms with E-state index in [1.807, 2.05) is 17.8 Å². The fourth-order valence-electron chi connectivity index (χ4n) is 2.87. The van der Waals surface area contributed by atoms with Crippen molar-refractivity contribution in [3.63, 3.8) is 0 Å². The highest BCUT2D eigenvalue weighted by molar-refractivity contribution is 6.31. The van der Waals surface area contributed by atoms with Gasteiger partial charge in [0.15, 0.2) is 0 Å². The van der Waals surface area contributed by atoms with Crippen LogP contribution in [-0.4, -0.2) is 9.78 Å². The Bertz CT molecular complexity index is 487. The van der Waals surface area contributed by atoms with Crippen molar-refractivity contribution in [3.8, 4) is 0 Å². The van der Waals surface area contributed by atoms with E-state index in [0.717, 1.165) is 10.7 Å². The highest BCUT2D eigenvalue weighted by atomic mass is 35.5. The second kappa shape index (κ2) is 4.02. The lowest BCUT2D eigenvalue weighted by atomic mass is 9.75. The highest BCUT2D eigenvalue weighted by Crippen LogP contribution is 2.42. The van der Waals surface area contributed by atoms with Gasteiger partial charge >= 0.3 is 0 Å². The number of aryl methyl sites for hydroxylation is 1. The van der Waals surface area contributed by atoms with Gasteiger partial charge in [-0.05, 0) is 26.3 Å². The quantitative estimate of drug-likeness (QED) is 0.726. The van der Waals surface area contributed by atoms with Gasteiger partial charge < -0.3 is 0 Å². The van der Waals surface area contributed by atoms with Gasteiger partial charge in [-0.1, -0.05) is 43.2 Å². The minimum atomic E-state index is 0.0602. The van der Waals surface area contributed by atoms with Gasteiger partial charge in [0.05, 0.1) is 16.8 Å². The van der Waals surface area contributed by atoms with Crippen LogP contribution in [-0.2, 0) is 0 Å². The van der Waals surface area contributed by atoms with Crippen molar-refractivity contribution >= 4 is 11.6 Å². The summed E-state index contributed by atoms with van der Waals surface area (Å²) in [5, 5.41) is 5.26. The molecule has 0 saturated carbocycles. The van der Waals surface area contributed by atoms with Gasteiger partial charge in [-0.3, -0.25) is 4.68 Å². The number of rotatable bonds is 1. The molecule has 2 nitrogen and oxygen atoms in total. The minimum Gasteiger partial charge on any atom is -0.263 e. The maximum Gasteiger partial charge on any atom is 0.0815 e. The normalized spacial score (nSPS) is 23.3. The molecular formula is C14H19ClN2. The number of hydrogen-bond donors (Lipinski definition) is 0. The maximum atomic E-state index is 6.10. The molecule has 0 N–H and O–H groups in total. The number of nitrogens with zero attached hydrogens (tertiary/aromatic N) is 2. The second-order valence-corrected chi connectivity index (χ2v) is 5.95. The number of aromatic nitrogens is 2. The van der Waals surface area contributed by atoms with Gasteiger partial charge in [0.2, 0.25) is 0 Å². The lowest BCUT2D eigenvalue weighted by Crippen LogP contribution is -2.29. The van der Waals surface area contributed by atoms with E-state index in [1.54, 1.807) is 0 Å². The van der Waals surface area contributed by atoms with Crippen LogP contribution in [0.1, 0.15) is 39.4 Å². The Morgan fingerprint density at radius 1 is 1.29 bits per heavy atom. The van der Waals surface area contributed by atoms with Crippen molar-refractivity contribution in [2.45, 2.75) is 40.7 Å². The summed E-state index contributed by atoms with van der Waals surface area (Å²) in [7, 11) is 0. The third-order valence-electron chi connectivity index (χ3n) is 3.31. The molecule has 0 saturated heterocycles. The van der Waals surface area contributed by atoms with Crippen molar-refractivity contribution < 1.29 is 0 Å². The molecule has 92 valence electrons.